The van der Waals surface area contributed by atoms with E-state index < -0.39 is 0 Å². The minimum Gasteiger partial charge on any atom is -0.454 e. The van der Waals surface area contributed by atoms with Gasteiger partial charge >= 0.3 is 0 Å². The Bertz CT molecular complexity index is 1150. The molecule has 1 aliphatic rings. The minimum absolute atomic E-state index is 0.150. The molecule has 3 heterocycles. The second-order valence-corrected chi connectivity index (χ2v) is 8.41. The Hall–Kier alpha value is -3.17. The molecule has 32 heavy (non-hydrogen) atoms. The van der Waals surface area contributed by atoms with Gasteiger partial charge in [0.05, 0.1) is 12.1 Å². The lowest BCUT2D eigenvalue weighted by molar-refractivity contribution is 0.174. The first-order valence-electron chi connectivity index (χ1n) is 10.5. The number of benzene rings is 1. The summed E-state index contributed by atoms with van der Waals surface area (Å²) in [6, 6.07) is 9.47. The molecule has 2 aromatic heterocycles. The summed E-state index contributed by atoms with van der Waals surface area (Å²) in [4.78, 5) is 24.1. The number of ether oxygens (including phenoxy) is 2. The fourth-order valence-electron chi connectivity index (χ4n) is 3.58. The van der Waals surface area contributed by atoms with E-state index in [4.69, 9.17) is 21.7 Å². The Morgan fingerprint density at radius 1 is 1.22 bits per heavy atom. The molecule has 168 valence electrons. The van der Waals surface area contributed by atoms with Crippen molar-refractivity contribution in [2.45, 2.75) is 19.5 Å². The third-order valence-electron chi connectivity index (χ3n) is 5.22. The monoisotopic (exact) mass is 453 g/mol. The summed E-state index contributed by atoms with van der Waals surface area (Å²) < 4.78 is 10.9. The van der Waals surface area contributed by atoms with Gasteiger partial charge in [0.2, 0.25) is 6.79 Å². The zero-order valence-corrected chi connectivity index (χ0v) is 19.1. The number of H-pyrrole nitrogens is 1. The molecule has 4 rings (SSSR count). The number of hydrogen-bond acceptors (Lipinski definition) is 6. The second kappa shape index (κ2) is 9.97. The molecule has 0 bridgehead atoms. The lowest BCUT2D eigenvalue weighted by Crippen LogP contribution is -2.40. The van der Waals surface area contributed by atoms with Crippen molar-refractivity contribution in [1.29, 1.82) is 0 Å². The number of nitrogens with zero attached hydrogens (tertiary/aromatic N) is 3. The van der Waals surface area contributed by atoms with Gasteiger partial charge in [-0.2, -0.15) is 0 Å². The van der Waals surface area contributed by atoms with Crippen LogP contribution in [0.2, 0.25) is 0 Å². The number of fused-ring (bicyclic) bond motifs is 2. The maximum atomic E-state index is 12.8. The Kier molecular flexibility index (Phi) is 6.87. The summed E-state index contributed by atoms with van der Waals surface area (Å²) in [5.74, 6) is 1.32. The van der Waals surface area contributed by atoms with E-state index in [1.165, 1.54) is 0 Å². The van der Waals surface area contributed by atoms with Crippen LogP contribution in [0.25, 0.3) is 10.9 Å². The van der Waals surface area contributed by atoms with E-state index >= 15 is 0 Å². The van der Waals surface area contributed by atoms with E-state index in [0.29, 0.717) is 40.8 Å². The van der Waals surface area contributed by atoms with E-state index in [0.717, 1.165) is 30.5 Å². The predicted octanol–water partition coefficient (Wildman–Crippen LogP) is 2.48. The average Bonchev–Trinajstić information content (AvgIpc) is 3.23. The molecule has 0 radical (unpaired) electrons. The van der Waals surface area contributed by atoms with Gasteiger partial charge in [0, 0.05) is 42.5 Å². The topological polar surface area (TPSA) is 82.7 Å². The highest BCUT2D eigenvalue weighted by Crippen LogP contribution is 2.35. The van der Waals surface area contributed by atoms with Crippen molar-refractivity contribution in [1.82, 2.24) is 25.1 Å². The largest absolute Gasteiger partial charge is 0.454 e. The van der Waals surface area contributed by atoms with Crippen LogP contribution in [0.4, 0.5) is 0 Å². The summed E-state index contributed by atoms with van der Waals surface area (Å²) in [6.07, 6.45) is 4.52. The average molecular weight is 454 g/mol. The van der Waals surface area contributed by atoms with Crippen molar-refractivity contribution in [2.24, 2.45) is 0 Å². The molecule has 0 fully saturated rings. The van der Waals surface area contributed by atoms with Crippen LogP contribution in [0, 0.1) is 0 Å². The summed E-state index contributed by atoms with van der Waals surface area (Å²) >= 11 is 5.69. The van der Waals surface area contributed by atoms with E-state index in [-0.39, 0.29) is 12.4 Å². The third-order valence-corrected chi connectivity index (χ3v) is 5.62. The van der Waals surface area contributed by atoms with Gasteiger partial charge in [0.25, 0.3) is 5.56 Å². The van der Waals surface area contributed by atoms with E-state index in [2.05, 4.69) is 20.2 Å². The number of aromatic nitrogens is 2. The molecule has 9 heteroatoms. The number of aromatic amines is 1. The first-order chi connectivity index (χ1) is 15.5. The molecule has 0 saturated carbocycles. The number of rotatable bonds is 8. The molecule has 8 nitrogen and oxygen atoms in total. The molecule has 0 saturated heterocycles. The van der Waals surface area contributed by atoms with Crippen LogP contribution in [0.1, 0.15) is 17.5 Å². The highest BCUT2D eigenvalue weighted by atomic mass is 32.1. The molecule has 0 amide bonds. The molecule has 1 aliphatic heterocycles. The van der Waals surface area contributed by atoms with Crippen LogP contribution in [0.5, 0.6) is 11.5 Å². The number of thiocarbonyl (C=S) groups is 1. The van der Waals surface area contributed by atoms with Crippen LogP contribution in [0.3, 0.4) is 0 Å². The van der Waals surface area contributed by atoms with Gasteiger partial charge in [-0.3, -0.25) is 9.78 Å². The van der Waals surface area contributed by atoms with Gasteiger partial charge in [-0.05, 0) is 63.0 Å². The van der Waals surface area contributed by atoms with Crippen molar-refractivity contribution < 1.29 is 9.47 Å². The maximum Gasteiger partial charge on any atom is 0.253 e. The van der Waals surface area contributed by atoms with Crippen LogP contribution < -0.4 is 20.3 Å². The van der Waals surface area contributed by atoms with Crippen molar-refractivity contribution in [3.05, 3.63) is 64.2 Å². The van der Waals surface area contributed by atoms with Gasteiger partial charge in [0.1, 0.15) is 0 Å². The van der Waals surface area contributed by atoms with E-state index in [1.807, 2.05) is 49.5 Å². The zero-order chi connectivity index (χ0) is 22.5. The fourth-order valence-corrected chi connectivity index (χ4v) is 3.81. The van der Waals surface area contributed by atoms with Gasteiger partial charge in [0.15, 0.2) is 16.6 Å². The smallest absolute Gasteiger partial charge is 0.253 e. The molecule has 2 N–H and O–H groups in total. The Balaban J connectivity index is 1.56. The van der Waals surface area contributed by atoms with E-state index in [9.17, 15) is 4.79 Å². The van der Waals surface area contributed by atoms with Gasteiger partial charge in [-0.15, -0.1) is 0 Å². The van der Waals surface area contributed by atoms with Crippen LogP contribution in [-0.4, -0.2) is 58.9 Å². The molecular formula is C23H27N5O3S. The summed E-state index contributed by atoms with van der Waals surface area (Å²) in [7, 11) is 4.09. The first kappa shape index (κ1) is 22.0. The predicted molar refractivity (Wildman–Crippen MR) is 128 cm³/mol. The standard InChI is InChI=1S/C23H27N5O3S/c1-27(2)8-4-7-25-23(32)28(13-16-5-3-6-24-12-16)14-18-9-17-10-20-21(31-15-30-20)11-19(17)26-22(18)29/h3,5-6,9-12H,4,7-8,13-15H2,1-2H3,(H,25,32)(H,26,29). The zero-order valence-electron chi connectivity index (χ0n) is 18.3. The molecule has 0 spiro atoms. The molecule has 3 aromatic rings. The lowest BCUT2D eigenvalue weighted by Gasteiger charge is -2.26. The number of pyridine rings is 2. The minimum atomic E-state index is -0.150. The fraction of sp³-hybridized carbons (Fsp3) is 0.348. The van der Waals surface area contributed by atoms with E-state index in [1.54, 1.807) is 12.3 Å². The van der Waals surface area contributed by atoms with Crippen molar-refractivity contribution in [3.63, 3.8) is 0 Å². The van der Waals surface area contributed by atoms with Gasteiger partial charge < -0.3 is 29.6 Å². The maximum absolute atomic E-state index is 12.8. The number of hydrogen-bond donors (Lipinski definition) is 2. The highest BCUT2D eigenvalue weighted by molar-refractivity contribution is 7.80. The molecular weight excluding hydrogens is 426 g/mol. The molecule has 1 aromatic carbocycles. The summed E-state index contributed by atoms with van der Waals surface area (Å²) in [6.45, 7) is 2.84. The highest BCUT2D eigenvalue weighted by Gasteiger charge is 2.17. The van der Waals surface area contributed by atoms with Crippen molar-refractivity contribution in [3.8, 4) is 11.5 Å². The molecule has 0 unspecified atom stereocenters. The van der Waals surface area contributed by atoms with Crippen LogP contribution in [-0.2, 0) is 13.1 Å². The third kappa shape index (κ3) is 5.35. The van der Waals surface area contributed by atoms with Crippen LogP contribution >= 0.6 is 12.2 Å². The van der Waals surface area contributed by atoms with Gasteiger partial charge in [-0.1, -0.05) is 6.07 Å². The quantitative estimate of drug-likeness (QED) is 0.398. The molecule has 0 atom stereocenters. The first-order valence-corrected chi connectivity index (χ1v) is 10.9. The summed E-state index contributed by atoms with van der Waals surface area (Å²) in [5, 5.41) is 4.82. The Labute approximate surface area is 192 Å². The Morgan fingerprint density at radius 2 is 2.03 bits per heavy atom. The molecule has 0 aliphatic carbocycles. The lowest BCUT2D eigenvalue weighted by atomic mass is 10.1. The SMILES string of the molecule is CN(C)CCCNC(=S)N(Cc1cccnc1)Cc1cc2cc3c(cc2[nH]c1=O)OCO3. The Morgan fingerprint density at radius 3 is 2.78 bits per heavy atom. The van der Waals surface area contributed by atoms with Crippen molar-refractivity contribution >= 4 is 28.2 Å². The number of nitrogens with one attached hydrogen (secondary N) is 2. The van der Waals surface area contributed by atoms with Crippen LogP contribution in [0.15, 0.2) is 47.5 Å². The normalized spacial score (nSPS) is 12.3. The van der Waals surface area contributed by atoms with Gasteiger partial charge in [-0.25, -0.2) is 0 Å². The summed E-state index contributed by atoms with van der Waals surface area (Å²) in [5.41, 5.74) is 2.21. The second-order valence-electron chi connectivity index (χ2n) is 8.02. The van der Waals surface area contributed by atoms with Crippen molar-refractivity contribution in [2.75, 3.05) is 34.0 Å².